The van der Waals surface area contributed by atoms with Crippen LogP contribution in [0.25, 0.3) is 0 Å². The number of hydrogen-bond donors (Lipinski definition) is 1. The minimum absolute atomic E-state index is 0.732. The first-order chi connectivity index (χ1) is 9.63. The van der Waals surface area contributed by atoms with Crippen LogP contribution in [-0.4, -0.2) is 36.6 Å². The largest absolute Gasteiger partial charge is 0.312 e. The molecule has 1 saturated carbocycles. The summed E-state index contributed by atoms with van der Waals surface area (Å²) in [5.41, 5.74) is 0. The molecule has 1 saturated heterocycles. The van der Waals surface area contributed by atoms with Gasteiger partial charge in [0.25, 0.3) is 0 Å². The molecule has 0 bridgehead atoms. The Morgan fingerprint density at radius 2 is 1.90 bits per heavy atom. The molecule has 0 aromatic rings. The van der Waals surface area contributed by atoms with Crippen LogP contribution in [0.5, 0.6) is 0 Å². The molecule has 0 amide bonds. The molecule has 2 fully saturated rings. The van der Waals surface area contributed by atoms with E-state index in [1.807, 2.05) is 0 Å². The Labute approximate surface area is 126 Å². The summed E-state index contributed by atoms with van der Waals surface area (Å²) in [5.74, 6) is 2.71. The molecule has 0 aromatic heterocycles. The van der Waals surface area contributed by atoms with Gasteiger partial charge in [0.1, 0.15) is 0 Å². The van der Waals surface area contributed by atoms with E-state index in [1.165, 1.54) is 58.2 Å². The van der Waals surface area contributed by atoms with Crippen LogP contribution in [0.3, 0.4) is 0 Å². The smallest absolute Gasteiger partial charge is 0.0198 e. The van der Waals surface area contributed by atoms with E-state index in [0.29, 0.717) is 0 Å². The summed E-state index contributed by atoms with van der Waals surface area (Å²) in [6, 6.07) is 1.61. The predicted molar refractivity (Wildman–Crippen MR) is 88.0 cm³/mol. The van der Waals surface area contributed by atoms with Gasteiger partial charge in [0.15, 0.2) is 0 Å². The maximum absolute atomic E-state index is 3.84. The second kappa shape index (κ2) is 7.79. The monoisotopic (exact) mass is 280 g/mol. The van der Waals surface area contributed by atoms with Crippen molar-refractivity contribution in [2.75, 3.05) is 19.6 Å². The van der Waals surface area contributed by atoms with Crippen molar-refractivity contribution in [1.29, 1.82) is 0 Å². The fourth-order valence-corrected chi connectivity index (χ4v) is 4.05. The van der Waals surface area contributed by atoms with E-state index in [9.17, 15) is 0 Å². The Morgan fingerprint density at radius 3 is 2.45 bits per heavy atom. The van der Waals surface area contributed by atoms with E-state index < -0.39 is 0 Å². The molecule has 1 heterocycles. The fourth-order valence-electron chi connectivity index (χ4n) is 4.05. The van der Waals surface area contributed by atoms with Crippen LogP contribution in [0, 0.1) is 17.8 Å². The second-order valence-electron chi connectivity index (χ2n) is 7.66. The number of hydrogen-bond acceptors (Lipinski definition) is 2. The van der Waals surface area contributed by atoms with Gasteiger partial charge in [-0.3, -0.25) is 4.90 Å². The lowest BCUT2D eigenvalue weighted by atomic mass is 9.88. The Morgan fingerprint density at radius 1 is 1.15 bits per heavy atom. The molecule has 2 nitrogen and oxygen atoms in total. The molecule has 1 aliphatic heterocycles. The molecular formula is C18H36N2. The van der Waals surface area contributed by atoms with Crippen molar-refractivity contribution in [1.82, 2.24) is 10.2 Å². The summed E-state index contributed by atoms with van der Waals surface area (Å²) >= 11 is 0. The molecule has 20 heavy (non-hydrogen) atoms. The van der Waals surface area contributed by atoms with Crippen molar-refractivity contribution >= 4 is 0 Å². The maximum atomic E-state index is 3.84. The van der Waals surface area contributed by atoms with E-state index in [4.69, 9.17) is 0 Å². The number of nitrogens with one attached hydrogen (secondary N) is 1. The average molecular weight is 281 g/mol. The van der Waals surface area contributed by atoms with Crippen molar-refractivity contribution < 1.29 is 0 Å². The van der Waals surface area contributed by atoms with Gasteiger partial charge in [-0.1, -0.05) is 34.1 Å². The summed E-state index contributed by atoms with van der Waals surface area (Å²) in [4.78, 5) is 2.85. The van der Waals surface area contributed by atoms with Crippen molar-refractivity contribution in [3.05, 3.63) is 0 Å². The molecule has 1 N–H and O–H groups in total. The maximum Gasteiger partial charge on any atom is 0.0198 e. The summed E-state index contributed by atoms with van der Waals surface area (Å²) < 4.78 is 0. The van der Waals surface area contributed by atoms with Gasteiger partial charge in [0, 0.05) is 25.2 Å². The van der Waals surface area contributed by atoms with E-state index in [0.717, 1.165) is 29.8 Å². The molecule has 0 radical (unpaired) electrons. The Kier molecular flexibility index (Phi) is 6.35. The standard InChI is InChI=1S/C18H36N2/c1-5-7-15-10-17(19-11-14(3)4)13-20(12-15)18(6-2)16-8-9-16/h14-19H,5-13H2,1-4H3. The number of likely N-dealkylation sites (tertiary alicyclic amines) is 1. The van der Waals surface area contributed by atoms with Crippen LogP contribution >= 0.6 is 0 Å². The van der Waals surface area contributed by atoms with Crippen molar-refractivity contribution in [3.8, 4) is 0 Å². The van der Waals surface area contributed by atoms with E-state index in [2.05, 4.69) is 37.9 Å². The van der Waals surface area contributed by atoms with Gasteiger partial charge >= 0.3 is 0 Å². The van der Waals surface area contributed by atoms with E-state index >= 15 is 0 Å². The Bertz CT molecular complexity index is 273. The van der Waals surface area contributed by atoms with Crippen LogP contribution in [0.4, 0.5) is 0 Å². The normalized spacial score (nSPS) is 29.9. The molecule has 118 valence electrons. The third-order valence-corrected chi connectivity index (χ3v) is 5.13. The van der Waals surface area contributed by atoms with Gasteiger partial charge in [0.05, 0.1) is 0 Å². The first kappa shape index (κ1) is 16.3. The van der Waals surface area contributed by atoms with Gasteiger partial charge in [0.2, 0.25) is 0 Å². The second-order valence-corrected chi connectivity index (χ2v) is 7.66. The van der Waals surface area contributed by atoms with Gasteiger partial charge in [-0.25, -0.2) is 0 Å². The zero-order valence-corrected chi connectivity index (χ0v) is 14.2. The van der Waals surface area contributed by atoms with Crippen LogP contribution in [-0.2, 0) is 0 Å². The summed E-state index contributed by atoms with van der Waals surface area (Å²) in [5, 5.41) is 3.84. The molecule has 2 heteroatoms. The predicted octanol–water partition coefficient (Wildman–Crippen LogP) is 3.91. The molecule has 0 spiro atoms. The minimum Gasteiger partial charge on any atom is -0.312 e. The van der Waals surface area contributed by atoms with Crippen molar-refractivity contribution in [2.24, 2.45) is 17.8 Å². The average Bonchev–Trinajstić information content (AvgIpc) is 3.22. The third kappa shape index (κ3) is 4.73. The van der Waals surface area contributed by atoms with Crippen LogP contribution in [0.2, 0.25) is 0 Å². The highest BCUT2D eigenvalue weighted by Crippen LogP contribution is 2.38. The number of piperidine rings is 1. The lowest BCUT2D eigenvalue weighted by Gasteiger charge is -2.42. The summed E-state index contributed by atoms with van der Waals surface area (Å²) in [6.45, 7) is 13.2. The van der Waals surface area contributed by atoms with Gasteiger partial charge in [-0.05, 0) is 56.4 Å². The van der Waals surface area contributed by atoms with Crippen LogP contribution in [0.15, 0.2) is 0 Å². The summed E-state index contributed by atoms with van der Waals surface area (Å²) in [6.07, 6.45) is 8.47. The van der Waals surface area contributed by atoms with Crippen molar-refractivity contribution in [3.63, 3.8) is 0 Å². The first-order valence-electron chi connectivity index (χ1n) is 9.11. The lowest BCUT2D eigenvalue weighted by molar-refractivity contribution is 0.0796. The third-order valence-electron chi connectivity index (χ3n) is 5.13. The van der Waals surface area contributed by atoms with Crippen molar-refractivity contribution in [2.45, 2.75) is 78.3 Å². The zero-order chi connectivity index (χ0) is 14.5. The Balaban J connectivity index is 1.92. The highest BCUT2D eigenvalue weighted by atomic mass is 15.2. The summed E-state index contributed by atoms with van der Waals surface area (Å²) in [7, 11) is 0. The molecule has 3 unspecified atom stereocenters. The quantitative estimate of drug-likeness (QED) is 0.725. The highest BCUT2D eigenvalue weighted by molar-refractivity contribution is 4.93. The van der Waals surface area contributed by atoms with E-state index in [-0.39, 0.29) is 0 Å². The zero-order valence-electron chi connectivity index (χ0n) is 14.2. The fraction of sp³-hybridized carbons (Fsp3) is 1.00. The van der Waals surface area contributed by atoms with E-state index in [1.54, 1.807) is 0 Å². The van der Waals surface area contributed by atoms with Crippen LogP contribution < -0.4 is 5.32 Å². The molecule has 3 atom stereocenters. The molecular weight excluding hydrogens is 244 g/mol. The molecule has 2 aliphatic rings. The van der Waals surface area contributed by atoms with Crippen LogP contribution in [0.1, 0.15) is 66.2 Å². The minimum atomic E-state index is 0.732. The highest BCUT2D eigenvalue weighted by Gasteiger charge is 2.37. The lowest BCUT2D eigenvalue weighted by Crippen LogP contribution is -2.53. The van der Waals surface area contributed by atoms with Gasteiger partial charge in [-0.2, -0.15) is 0 Å². The van der Waals surface area contributed by atoms with Gasteiger partial charge in [-0.15, -0.1) is 0 Å². The first-order valence-corrected chi connectivity index (χ1v) is 9.11. The molecule has 2 rings (SSSR count). The SMILES string of the molecule is CCCC1CC(NCC(C)C)CN(C(CC)C2CC2)C1. The molecule has 0 aromatic carbocycles. The van der Waals surface area contributed by atoms with Gasteiger partial charge < -0.3 is 5.32 Å². The number of nitrogens with zero attached hydrogens (tertiary/aromatic N) is 1. The topological polar surface area (TPSA) is 15.3 Å². The number of rotatable bonds is 8. The molecule has 1 aliphatic carbocycles. The Hall–Kier alpha value is -0.0800.